The second-order valence-electron chi connectivity index (χ2n) is 3.49. The lowest BCUT2D eigenvalue weighted by Gasteiger charge is -2.18. The van der Waals surface area contributed by atoms with E-state index in [-0.39, 0.29) is 5.92 Å². The van der Waals surface area contributed by atoms with E-state index < -0.39 is 6.10 Å². The van der Waals surface area contributed by atoms with Gasteiger partial charge in [-0.3, -0.25) is 0 Å². The van der Waals surface area contributed by atoms with Gasteiger partial charge in [-0.2, -0.15) is 0 Å². The molecule has 0 aromatic heterocycles. The molecule has 0 saturated carbocycles. The summed E-state index contributed by atoms with van der Waals surface area (Å²) in [6.07, 6.45) is -0.432. The third kappa shape index (κ3) is 2.43. The molecule has 0 radical (unpaired) electrons. The Labute approximate surface area is 79.7 Å². The van der Waals surface area contributed by atoms with Crippen molar-refractivity contribution >= 4 is 0 Å². The Morgan fingerprint density at radius 1 is 1.31 bits per heavy atom. The minimum atomic E-state index is -0.432. The van der Waals surface area contributed by atoms with Gasteiger partial charge in [0.05, 0.1) is 6.10 Å². The highest BCUT2D eigenvalue weighted by molar-refractivity contribution is 5.20. The third-order valence-electron chi connectivity index (χ3n) is 2.39. The second kappa shape index (κ2) is 4.24. The van der Waals surface area contributed by atoms with Gasteiger partial charge >= 0.3 is 0 Å². The Kier molecular flexibility index (Phi) is 3.26. The number of aliphatic hydroxyl groups is 1. The van der Waals surface area contributed by atoms with E-state index in [0.717, 1.165) is 11.1 Å². The summed E-state index contributed by atoms with van der Waals surface area (Å²) < 4.78 is 0. The van der Waals surface area contributed by atoms with Crippen LogP contribution in [0.15, 0.2) is 42.5 Å². The van der Waals surface area contributed by atoms with Crippen molar-refractivity contribution in [1.29, 1.82) is 0 Å². The van der Waals surface area contributed by atoms with Crippen LogP contribution in [-0.2, 0) is 0 Å². The molecule has 2 atom stereocenters. The first kappa shape index (κ1) is 10.0. The van der Waals surface area contributed by atoms with Crippen molar-refractivity contribution in [2.24, 2.45) is 5.92 Å². The molecule has 1 heteroatoms. The fourth-order valence-corrected chi connectivity index (χ4v) is 1.21. The van der Waals surface area contributed by atoms with Crippen molar-refractivity contribution in [1.82, 2.24) is 0 Å². The van der Waals surface area contributed by atoms with Crippen LogP contribution in [-0.4, -0.2) is 5.11 Å². The molecule has 1 nitrogen and oxygen atoms in total. The summed E-state index contributed by atoms with van der Waals surface area (Å²) in [6.45, 7) is 7.77. The molecule has 1 rings (SSSR count). The lowest BCUT2D eigenvalue weighted by molar-refractivity contribution is 0.135. The predicted molar refractivity (Wildman–Crippen MR) is 55.4 cm³/mol. The van der Waals surface area contributed by atoms with Crippen LogP contribution in [0, 0.1) is 5.92 Å². The molecular weight excluding hydrogens is 160 g/mol. The Morgan fingerprint density at radius 3 is 2.31 bits per heavy atom. The van der Waals surface area contributed by atoms with E-state index in [1.54, 1.807) is 0 Å². The Morgan fingerprint density at radius 2 is 1.85 bits per heavy atom. The Hall–Kier alpha value is -1.08. The summed E-state index contributed by atoms with van der Waals surface area (Å²) in [7, 11) is 0. The van der Waals surface area contributed by atoms with Crippen molar-refractivity contribution in [3.63, 3.8) is 0 Å². The molecule has 1 aromatic rings. The summed E-state index contributed by atoms with van der Waals surface area (Å²) in [5.41, 5.74) is 1.97. The fraction of sp³-hybridized carbons (Fsp3) is 0.333. The van der Waals surface area contributed by atoms with Gasteiger partial charge in [0.1, 0.15) is 0 Å². The zero-order valence-corrected chi connectivity index (χ0v) is 8.20. The molecule has 0 saturated heterocycles. The summed E-state index contributed by atoms with van der Waals surface area (Å²) in [5.74, 6) is 0.113. The standard InChI is InChI=1S/C12H16O/c1-9(2)10(3)12(13)11-7-5-4-6-8-11/h4-8,10,12-13H,1H2,2-3H3/t10?,12-/m1/s1. The van der Waals surface area contributed by atoms with E-state index >= 15 is 0 Å². The molecule has 0 amide bonds. The lowest BCUT2D eigenvalue weighted by atomic mass is 9.92. The fourth-order valence-electron chi connectivity index (χ4n) is 1.21. The van der Waals surface area contributed by atoms with Crippen molar-refractivity contribution in [3.05, 3.63) is 48.0 Å². The first-order valence-corrected chi connectivity index (χ1v) is 4.51. The van der Waals surface area contributed by atoms with Crippen LogP contribution in [0.1, 0.15) is 25.5 Å². The molecular formula is C12H16O. The second-order valence-corrected chi connectivity index (χ2v) is 3.49. The quantitative estimate of drug-likeness (QED) is 0.702. The van der Waals surface area contributed by atoms with Gasteiger partial charge < -0.3 is 5.11 Å². The Bertz CT molecular complexity index is 276. The van der Waals surface area contributed by atoms with Crippen molar-refractivity contribution in [2.45, 2.75) is 20.0 Å². The molecule has 0 heterocycles. The van der Waals surface area contributed by atoms with E-state index in [9.17, 15) is 5.11 Å². The zero-order chi connectivity index (χ0) is 9.84. The number of rotatable bonds is 3. The van der Waals surface area contributed by atoms with Gasteiger partial charge in [-0.1, -0.05) is 49.4 Å². The van der Waals surface area contributed by atoms with Crippen LogP contribution in [0.5, 0.6) is 0 Å². The Balaban J connectivity index is 2.79. The zero-order valence-electron chi connectivity index (χ0n) is 8.20. The van der Waals surface area contributed by atoms with Crippen molar-refractivity contribution in [2.75, 3.05) is 0 Å². The molecule has 0 aliphatic heterocycles. The lowest BCUT2D eigenvalue weighted by Crippen LogP contribution is -2.09. The van der Waals surface area contributed by atoms with Crippen LogP contribution in [0.2, 0.25) is 0 Å². The smallest absolute Gasteiger partial charge is 0.0852 e. The van der Waals surface area contributed by atoms with E-state index in [1.807, 2.05) is 44.2 Å². The SMILES string of the molecule is C=C(C)C(C)[C@@H](O)c1ccccc1. The third-order valence-corrected chi connectivity index (χ3v) is 2.39. The first-order chi connectivity index (χ1) is 6.13. The monoisotopic (exact) mass is 176 g/mol. The number of hydrogen-bond donors (Lipinski definition) is 1. The van der Waals surface area contributed by atoms with Gasteiger partial charge in [0.15, 0.2) is 0 Å². The molecule has 1 unspecified atom stereocenters. The maximum atomic E-state index is 9.90. The van der Waals surface area contributed by atoms with Gasteiger partial charge in [-0.05, 0) is 12.5 Å². The van der Waals surface area contributed by atoms with Gasteiger partial charge in [0, 0.05) is 5.92 Å². The van der Waals surface area contributed by atoms with E-state index in [0.29, 0.717) is 0 Å². The summed E-state index contributed by atoms with van der Waals surface area (Å²) in [6, 6.07) is 9.68. The normalized spacial score (nSPS) is 15.0. The number of aliphatic hydroxyl groups excluding tert-OH is 1. The molecule has 0 spiro atoms. The summed E-state index contributed by atoms with van der Waals surface area (Å²) in [5, 5.41) is 9.90. The number of benzene rings is 1. The predicted octanol–water partition coefficient (Wildman–Crippen LogP) is 2.93. The van der Waals surface area contributed by atoms with Crippen LogP contribution in [0.25, 0.3) is 0 Å². The molecule has 0 aliphatic rings. The highest BCUT2D eigenvalue weighted by Crippen LogP contribution is 2.25. The van der Waals surface area contributed by atoms with Crippen LogP contribution < -0.4 is 0 Å². The molecule has 0 bridgehead atoms. The highest BCUT2D eigenvalue weighted by atomic mass is 16.3. The molecule has 0 fully saturated rings. The van der Waals surface area contributed by atoms with Gasteiger partial charge in [0.2, 0.25) is 0 Å². The minimum absolute atomic E-state index is 0.113. The number of hydrogen-bond acceptors (Lipinski definition) is 1. The maximum absolute atomic E-state index is 9.90. The minimum Gasteiger partial charge on any atom is -0.388 e. The molecule has 0 aliphatic carbocycles. The molecule has 13 heavy (non-hydrogen) atoms. The van der Waals surface area contributed by atoms with Crippen LogP contribution in [0.4, 0.5) is 0 Å². The van der Waals surface area contributed by atoms with Crippen LogP contribution >= 0.6 is 0 Å². The largest absolute Gasteiger partial charge is 0.388 e. The van der Waals surface area contributed by atoms with E-state index in [2.05, 4.69) is 6.58 Å². The van der Waals surface area contributed by atoms with E-state index in [4.69, 9.17) is 0 Å². The summed E-state index contributed by atoms with van der Waals surface area (Å²) >= 11 is 0. The van der Waals surface area contributed by atoms with Gasteiger partial charge in [0.25, 0.3) is 0 Å². The van der Waals surface area contributed by atoms with Crippen molar-refractivity contribution < 1.29 is 5.11 Å². The van der Waals surface area contributed by atoms with E-state index in [1.165, 1.54) is 0 Å². The topological polar surface area (TPSA) is 20.2 Å². The average molecular weight is 176 g/mol. The summed E-state index contributed by atoms with van der Waals surface area (Å²) in [4.78, 5) is 0. The maximum Gasteiger partial charge on any atom is 0.0852 e. The van der Waals surface area contributed by atoms with Crippen LogP contribution in [0.3, 0.4) is 0 Å². The first-order valence-electron chi connectivity index (χ1n) is 4.51. The average Bonchev–Trinajstić information content (AvgIpc) is 2.17. The van der Waals surface area contributed by atoms with Gasteiger partial charge in [-0.25, -0.2) is 0 Å². The molecule has 1 aromatic carbocycles. The molecule has 1 N–H and O–H groups in total. The molecule has 70 valence electrons. The van der Waals surface area contributed by atoms with Gasteiger partial charge in [-0.15, -0.1) is 0 Å². The van der Waals surface area contributed by atoms with Crippen molar-refractivity contribution in [3.8, 4) is 0 Å². The highest BCUT2D eigenvalue weighted by Gasteiger charge is 2.15.